The Labute approximate surface area is 93.4 Å². The predicted octanol–water partition coefficient (Wildman–Crippen LogP) is 1.24. The van der Waals surface area contributed by atoms with Crippen molar-refractivity contribution in [3.8, 4) is 0 Å². The number of anilines is 1. The molecule has 5 heteroatoms. The van der Waals surface area contributed by atoms with E-state index in [1.807, 2.05) is 0 Å². The number of carbonyl (C=O) groups is 2. The Morgan fingerprint density at radius 3 is 2.25 bits per heavy atom. The fraction of sp³-hybridized carbons (Fsp3) is 0.273. The van der Waals surface area contributed by atoms with Crippen LogP contribution in [0.2, 0.25) is 0 Å². The third-order valence-corrected chi connectivity index (χ3v) is 2.76. The van der Waals surface area contributed by atoms with Gasteiger partial charge in [0.05, 0.1) is 11.1 Å². The van der Waals surface area contributed by atoms with Gasteiger partial charge >= 0.3 is 0 Å². The summed E-state index contributed by atoms with van der Waals surface area (Å²) in [5.41, 5.74) is -1.19. The fourth-order valence-corrected chi connectivity index (χ4v) is 1.49. The zero-order valence-electron chi connectivity index (χ0n) is 8.50. The highest BCUT2D eigenvalue weighted by molar-refractivity contribution is 6.62. The van der Waals surface area contributed by atoms with Gasteiger partial charge in [0.25, 0.3) is 0 Å². The molecule has 1 aromatic rings. The van der Waals surface area contributed by atoms with Gasteiger partial charge in [-0.3, -0.25) is 4.79 Å². The Hall–Kier alpha value is -1.65. The van der Waals surface area contributed by atoms with Crippen LogP contribution in [0.25, 0.3) is 0 Å². The molecule has 0 aromatic heterocycles. The summed E-state index contributed by atoms with van der Waals surface area (Å²) in [6.07, 6.45) is 0.963. The molecule has 0 saturated heterocycles. The molecule has 1 amide bonds. The molecule has 16 heavy (non-hydrogen) atoms. The van der Waals surface area contributed by atoms with Crippen LogP contribution in [0.15, 0.2) is 24.3 Å². The lowest BCUT2D eigenvalue weighted by Crippen LogP contribution is -2.31. The molecule has 1 fully saturated rings. The lowest BCUT2D eigenvalue weighted by Gasteiger charge is -2.12. The average molecular weight is 217 g/mol. The van der Waals surface area contributed by atoms with Crippen LogP contribution in [-0.4, -0.2) is 19.4 Å². The van der Waals surface area contributed by atoms with Gasteiger partial charge in [-0.05, 0) is 37.1 Å². The van der Waals surface area contributed by atoms with E-state index in [2.05, 4.69) is 5.32 Å². The van der Waals surface area contributed by atoms with Crippen molar-refractivity contribution in [2.75, 3.05) is 5.32 Å². The molecule has 1 aliphatic rings. The molecule has 0 spiro atoms. The first-order valence-electron chi connectivity index (χ1n) is 4.91. The zero-order chi connectivity index (χ0) is 11.8. The van der Waals surface area contributed by atoms with Gasteiger partial charge in [0.1, 0.15) is 5.82 Å². The van der Waals surface area contributed by atoms with Crippen molar-refractivity contribution in [3.63, 3.8) is 0 Å². The topological polar surface area (TPSA) is 46.2 Å². The van der Waals surface area contributed by atoms with E-state index in [0.29, 0.717) is 18.5 Å². The average Bonchev–Trinajstić information content (AvgIpc) is 3.02. The Kier molecular flexibility index (Phi) is 2.54. The second-order valence-corrected chi connectivity index (χ2v) is 3.91. The summed E-state index contributed by atoms with van der Waals surface area (Å²) in [5.74, 6) is -0.791. The SMILES string of the molecule is [B]C(=O)C1(C(=O)Nc2ccc(F)cc2)CC1. The van der Waals surface area contributed by atoms with Crippen molar-refractivity contribution in [1.82, 2.24) is 0 Å². The standard InChI is InChI=1S/C11H9BFNO2/c12-9(15)11(5-6-11)10(16)14-8-3-1-7(13)2-4-8/h1-4H,5-6H2,(H,14,16). The van der Waals surface area contributed by atoms with Crippen LogP contribution in [0.1, 0.15) is 12.8 Å². The van der Waals surface area contributed by atoms with E-state index in [1.165, 1.54) is 24.3 Å². The van der Waals surface area contributed by atoms with Gasteiger partial charge in [0.2, 0.25) is 5.91 Å². The molecule has 1 aromatic carbocycles. The van der Waals surface area contributed by atoms with E-state index in [0.717, 1.165) is 0 Å². The number of amides is 1. The Bertz CT molecular complexity index is 440. The molecule has 0 unspecified atom stereocenters. The summed E-state index contributed by atoms with van der Waals surface area (Å²) in [6.45, 7) is 0. The van der Waals surface area contributed by atoms with Crippen LogP contribution in [0.5, 0.6) is 0 Å². The molecule has 0 aliphatic heterocycles. The zero-order valence-corrected chi connectivity index (χ0v) is 8.50. The number of rotatable bonds is 3. The lowest BCUT2D eigenvalue weighted by atomic mass is 9.85. The molecule has 1 N–H and O–H groups in total. The van der Waals surface area contributed by atoms with Gasteiger partial charge in [0.15, 0.2) is 7.85 Å². The highest BCUT2D eigenvalue weighted by Crippen LogP contribution is 2.46. The molecule has 0 bridgehead atoms. The Morgan fingerprint density at radius 1 is 1.25 bits per heavy atom. The minimum absolute atomic E-state index is 0.381. The van der Waals surface area contributed by atoms with Gasteiger partial charge in [-0.25, -0.2) is 4.39 Å². The fourth-order valence-electron chi connectivity index (χ4n) is 1.49. The van der Waals surface area contributed by atoms with Crippen molar-refractivity contribution in [1.29, 1.82) is 0 Å². The summed E-state index contributed by atoms with van der Waals surface area (Å²) < 4.78 is 12.6. The molecular formula is C11H9BFNO2. The Morgan fingerprint density at radius 2 is 1.81 bits per heavy atom. The van der Waals surface area contributed by atoms with E-state index in [9.17, 15) is 14.0 Å². The number of halogens is 1. The number of hydrogen-bond donors (Lipinski definition) is 1. The molecule has 80 valence electrons. The highest BCUT2D eigenvalue weighted by Gasteiger charge is 2.53. The molecule has 2 radical (unpaired) electrons. The second kappa shape index (κ2) is 3.74. The summed E-state index contributed by atoms with van der Waals surface area (Å²) in [4.78, 5) is 22.8. The molecule has 0 heterocycles. The number of nitrogens with one attached hydrogen (secondary N) is 1. The monoisotopic (exact) mass is 217 g/mol. The number of hydrogen-bond acceptors (Lipinski definition) is 2. The molecule has 2 rings (SSSR count). The van der Waals surface area contributed by atoms with Crippen molar-refractivity contribution >= 4 is 25.1 Å². The van der Waals surface area contributed by atoms with Gasteiger partial charge in [-0.1, -0.05) is 0 Å². The van der Waals surface area contributed by atoms with Crippen LogP contribution in [-0.2, 0) is 9.59 Å². The molecule has 1 saturated carbocycles. The van der Waals surface area contributed by atoms with Crippen LogP contribution < -0.4 is 5.32 Å². The van der Waals surface area contributed by atoms with E-state index in [1.54, 1.807) is 0 Å². The predicted molar refractivity (Wildman–Crippen MR) is 57.5 cm³/mol. The van der Waals surface area contributed by atoms with E-state index < -0.39 is 17.0 Å². The second-order valence-electron chi connectivity index (χ2n) is 3.91. The lowest BCUT2D eigenvalue weighted by molar-refractivity contribution is -0.128. The maximum atomic E-state index is 12.6. The summed E-state index contributed by atoms with van der Waals surface area (Å²) in [5, 5.41) is 2.55. The smallest absolute Gasteiger partial charge is 0.237 e. The summed E-state index contributed by atoms with van der Waals surface area (Å²) >= 11 is 0. The molecule has 0 atom stereocenters. The van der Waals surface area contributed by atoms with Crippen LogP contribution >= 0.6 is 0 Å². The van der Waals surface area contributed by atoms with E-state index >= 15 is 0 Å². The molecular weight excluding hydrogens is 208 g/mol. The number of benzene rings is 1. The maximum Gasteiger partial charge on any atom is 0.237 e. The van der Waals surface area contributed by atoms with Gasteiger partial charge in [0, 0.05) is 5.69 Å². The van der Waals surface area contributed by atoms with Crippen molar-refractivity contribution < 1.29 is 14.0 Å². The quantitative estimate of drug-likeness (QED) is 0.611. The summed E-state index contributed by atoms with van der Waals surface area (Å²) in [7, 11) is 5.15. The summed E-state index contributed by atoms with van der Waals surface area (Å²) in [6, 6.07) is 5.34. The Balaban J connectivity index is 2.08. The highest BCUT2D eigenvalue weighted by atomic mass is 19.1. The van der Waals surface area contributed by atoms with E-state index in [-0.39, 0.29) is 5.82 Å². The first kappa shape index (κ1) is 10.9. The minimum Gasteiger partial charge on any atom is -0.325 e. The van der Waals surface area contributed by atoms with E-state index in [4.69, 9.17) is 7.85 Å². The largest absolute Gasteiger partial charge is 0.325 e. The van der Waals surface area contributed by atoms with Gasteiger partial charge in [-0.2, -0.15) is 0 Å². The minimum atomic E-state index is -1.05. The van der Waals surface area contributed by atoms with Gasteiger partial charge in [-0.15, -0.1) is 0 Å². The first-order chi connectivity index (χ1) is 7.54. The van der Waals surface area contributed by atoms with Crippen molar-refractivity contribution in [2.24, 2.45) is 5.41 Å². The normalized spacial score (nSPS) is 16.6. The first-order valence-corrected chi connectivity index (χ1v) is 4.91. The van der Waals surface area contributed by atoms with Crippen LogP contribution in [0, 0.1) is 11.2 Å². The maximum absolute atomic E-state index is 12.6. The molecule has 1 aliphatic carbocycles. The van der Waals surface area contributed by atoms with Crippen LogP contribution in [0.4, 0.5) is 10.1 Å². The molecule has 3 nitrogen and oxygen atoms in total. The third kappa shape index (κ3) is 1.85. The van der Waals surface area contributed by atoms with Crippen molar-refractivity contribution in [2.45, 2.75) is 12.8 Å². The third-order valence-electron chi connectivity index (χ3n) is 2.76. The van der Waals surface area contributed by atoms with Crippen molar-refractivity contribution in [3.05, 3.63) is 30.1 Å². The number of carbonyl (C=O) groups excluding carboxylic acids is 2. The van der Waals surface area contributed by atoms with Gasteiger partial charge < -0.3 is 10.1 Å². The van der Waals surface area contributed by atoms with Crippen LogP contribution in [0.3, 0.4) is 0 Å².